The van der Waals surface area contributed by atoms with Crippen molar-refractivity contribution in [2.45, 2.75) is 38.3 Å². The number of benzene rings is 1. The fraction of sp³-hybridized carbons (Fsp3) is 0.588. The number of carbonyl (C=O) groups is 1. The van der Waals surface area contributed by atoms with Gasteiger partial charge in [0.2, 0.25) is 5.91 Å². The molecule has 3 rings (SSSR count). The fourth-order valence-electron chi connectivity index (χ4n) is 3.43. The Hall–Kier alpha value is -1.000. The van der Waals surface area contributed by atoms with Gasteiger partial charge in [-0.05, 0) is 30.9 Å². The molecule has 21 heavy (non-hydrogen) atoms. The van der Waals surface area contributed by atoms with Crippen LogP contribution in [-0.2, 0) is 4.79 Å². The molecule has 0 bridgehead atoms. The number of hydrogen-bond donors (Lipinski definition) is 1. The van der Waals surface area contributed by atoms with E-state index < -0.39 is 0 Å². The first kappa shape index (κ1) is 14.9. The summed E-state index contributed by atoms with van der Waals surface area (Å²) in [7, 11) is 0. The van der Waals surface area contributed by atoms with E-state index in [9.17, 15) is 4.79 Å². The molecule has 0 saturated carbocycles. The lowest BCUT2D eigenvalue weighted by atomic mass is 9.99. The topological polar surface area (TPSA) is 32.3 Å². The number of likely N-dealkylation sites (tertiary alicyclic amines) is 1. The summed E-state index contributed by atoms with van der Waals surface area (Å²) < 4.78 is 0. The highest BCUT2D eigenvalue weighted by molar-refractivity contribution is 7.99. The second-order valence-electron chi connectivity index (χ2n) is 6.03. The van der Waals surface area contributed by atoms with Gasteiger partial charge in [0.05, 0.1) is 6.04 Å². The quantitative estimate of drug-likeness (QED) is 0.932. The highest BCUT2D eigenvalue weighted by Crippen LogP contribution is 2.34. The molecule has 1 aromatic rings. The minimum Gasteiger partial charge on any atom is -0.336 e. The molecule has 0 radical (unpaired) electrons. The largest absolute Gasteiger partial charge is 0.336 e. The molecule has 2 heterocycles. The molecule has 1 amide bonds. The van der Waals surface area contributed by atoms with Crippen LogP contribution in [0.5, 0.6) is 0 Å². The van der Waals surface area contributed by atoms with Crippen molar-refractivity contribution in [3.63, 3.8) is 0 Å². The van der Waals surface area contributed by atoms with Crippen LogP contribution in [0.15, 0.2) is 24.3 Å². The third-order valence-electron chi connectivity index (χ3n) is 4.54. The van der Waals surface area contributed by atoms with Crippen molar-refractivity contribution in [3.05, 3.63) is 35.4 Å². The lowest BCUT2D eigenvalue weighted by Crippen LogP contribution is -2.42. The van der Waals surface area contributed by atoms with Crippen LogP contribution < -0.4 is 5.32 Å². The zero-order chi connectivity index (χ0) is 14.7. The van der Waals surface area contributed by atoms with E-state index in [1.54, 1.807) is 0 Å². The summed E-state index contributed by atoms with van der Waals surface area (Å²) in [5.74, 6) is 2.55. The van der Waals surface area contributed by atoms with Crippen molar-refractivity contribution in [2.75, 3.05) is 24.6 Å². The van der Waals surface area contributed by atoms with Crippen LogP contribution in [0.4, 0.5) is 0 Å². The van der Waals surface area contributed by atoms with Gasteiger partial charge in [0.1, 0.15) is 0 Å². The first-order valence-electron chi connectivity index (χ1n) is 7.92. The van der Waals surface area contributed by atoms with Gasteiger partial charge in [-0.25, -0.2) is 0 Å². The summed E-state index contributed by atoms with van der Waals surface area (Å²) in [6.45, 7) is 4.09. The minimum atomic E-state index is 0.287. The monoisotopic (exact) mass is 304 g/mol. The zero-order valence-corrected chi connectivity index (χ0v) is 13.5. The molecule has 0 spiro atoms. The first-order chi connectivity index (χ1) is 10.3. The molecule has 2 saturated heterocycles. The average Bonchev–Trinajstić information content (AvgIpc) is 2.98. The van der Waals surface area contributed by atoms with Gasteiger partial charge in [-0.1, -0.05) is 24.3 Å². The summed E-state index contributed by atoms with van der Waals surface area (Å²) in [6.07, 6.45) is 2.87. The van der Waals surface area contributed by atoms with Crippen molar-refractivity contribution in [1.82, 2.24) is 10.2 Å². The highest BCUT2D eigenvalue weighted by atomic mass is 32.2. The molecule has 1 N–H and O–H groups in total. The molecule has 3 nitrogen and oxygen atoms in total. The van der Waals surface area contributed by atoms with Crippen molar-refractivity contribution in [3.8, 4) is 0 Å². The number of nitrogens with zero attached hydrogens (tertiary/aromatic N) is 1. The van der Waals surface area contributed by atoms with E-state index in [0.29, 0.717) is 18.4 Å². The van der Waals surface area contributed by atoms with Crippen LogP contribution in [0.25, 0.3) is 0 Å². The van der Waals surface area contributed by atoms with Crippen LogP contribution in [0.1, 0.15) is 36.4 Å². The molecule has 2 fully saturated rings. The fourth-order valence-corrected chi connectivity index (χ4v) is 4.38. The molecule has 4 heteroatoms. The molecular formula is C17H24N2OS. The van der Waals surface area contributed by atoms with E-state index in [1.165, 1.54) is 16.9 Å². The molecule has 2 unspecified atom stereocenters. The zero-order valence-electron chi connectivity index (χ0n) is 12.7. The number of amides is 1. The summed E-state index contributed by atoms with van der Waals surface area (Å²) in [4.78, 5) is 14.8. The van der Waals surface area contributed by atoms with Crippen molar-refractivity contribution in [1.29, 1.82) is 0 Å². The smallest absolute Gasteiger partial charge is 0.224 e. The van der Waals surface area contributed by atoms with Gasteiger partial charge in [-0.2, -0.15) is 11.8 Å². The molecule has 2 aliphatic heterocycles. The Morgan fingerprint density at radius 1 is 1.43 bits per heavy atom. The second kappa shape index (κ2) is 6.84. The van der Waals surface area contributed by atoms with Crippen LogP contribution in [-0.4, -0.2) is 41.4 Å². The van der Waals surface area contributed by atoms with E-state index in [-0.39, 0.29) is 6.04 Å². The third kappa shape index (κ3) is 3.43. The molecule has 2 atom stereocenters. The van der Waals surface area contributed by atoms with Gasteiger partial charge in [-0.15, -0.1) is 0 Å². The van der Waals surface area contributed by atoms with Gasteiger partial charge in [0.15, 0.2) is 0 Å². The SMILES string of the molecule is Cc1ccccc1C1CCCN1C(=O)CC1CSCCN1. The molecular weight excluding hydrogens is 280 g/mol. The Kier molecular flexibility index (Phi) is 4.86. The third-order valence-corrected chi connectivity index (χ3v) is 5.67. The average molecular weight is 304 g/mol. The van der Waals surface area contributed by atoms with E-state index in [0.717, 1.165) is 31.7 Å². The number of nitrogens with one attached hydrogen (secondary N) is 1. The lowest BCUT2D eigenvalue weighted by molar-refractivity contribution is -0.132. The summed E-state index contributed by atoms with van der Waals surface area (Å²) in [5.41, 5.74) is 2.63. The number of hydrogen-bond acceptors (Lipinski definition) is 3. The predicted molar refractivity (Wildman–Crippen MR) is 88.6 cm³/mol. The Bertz CT molecular complexity index is 499. The van der Waals surface area contributed by atoms with E-state index in [1.807, 2.05) is 11.8 Å². The number of aryl methyl sites for hydroxylation is 1. The Labute approximate surface area is 131 Å². The molecule has 0 aliphatic carbocycles. The van der Waals surface area contributed by atoms with E-state index in [4.69, 9.17) is 0 Å². The molecule has 2 aliphatic rings. The van der Waals surface area contributed by atoms with E-state index >= 15 is 0 Å². The Balaban J connectivity index is 1.68. The maximum Gasteiger partial charge on any atom is 0.224 e. The van der Waals surface area contributed by atoms with Gasteiger partial charge in [0.25, 0.3) is 0 Å². The summed E-state index contributed by atoms with van der Waals surface area (Å²) >= 11 is 1.95. The maximum absolute atomic E-state index is 12.7. The van der Waals surface area contributed by atoms with Crippen LogP contribution >= 0.6 is 11.8 Å². The standard InChI is InChI=1S/C17H24N2OS/c1-13-5-2-3-6-15(13)16-7-4-9-19(16)17(20)11-14-12-21-10-8-18-14/h2-3,5-6,14,16,18H,4,7-12H2,1H3. The molecule has 1 aromatic carbocycles. The van der Waals surface area contributed by atoms with Crippen molar-refractivity contribution < 1.29 is 4.79 Å². The van der Waals surface area contributed by atoms with Crippen LogP contribution in [0.2, 0.25) is 0 Å². The summed E-state index contributed by atoms with van der Waals surface area (Å²) in [6, 6.07) is 9.13. The van der Waals surface area contributed by atoms with Gasteiger partial charge < -0.3 is 10.2 Å². The van der Waals surface area contributed by atoms with Gasteiger partial charge >= 0.3 is 0 Å². The van der Waals surface area contributed by atoms with E-state index in [2.05, 4.69) is 41.4 Å². The number of rotatable bonds is 3. The van der Waals surface area contributed by atoms with Crippen molar-refractivity contribution >= 4 is 17.7 Å². The van der Waals surface area contributed by atoms with Crippen LogP contribution in [0, 0.1) is 6.92 Å². The van der Waals surface area contributed by atoms with Gasteiger partial charge in [0, 0.05) is 37.1 Å². The lowest BCUT2D eigenvalue weighted by Gasteiger charge is -2.29. The molecule has 0 aromatic heterocycles. The van der Waals surface area contributed by atoms with Crippen molar-refractivity contribution in [2.24, 2.45) is 0 Å². The highest BCUT2D eigenvalue weighted by Gasteiger charge is 2.31. The molecule has 114 valence electrons. The normalized spacial score (nSPS) is 26.0. The second-order valence-corrected chi connectivity index (χ2v) is 7.18. The van der Waals surface area contributed by atoms with Crippen LogP contribution in [0.3, 0.4) is 0 Å². The number of thioether (sulfide) groups is 1. The number of carbonyl (C=O) groups excluding carboxylic acids is 1. The Morgan fingerprint density at radius 2 is 2.29 bits per heavy atom. The summed E-state index contributed by atoms with van der Waals surface area (Å²) in [5, 5.41) is 3.47. The minimum absolute atomic E-state index is 0.287. The first-order valence-corrected chi connectivity index (χ1v) is 9.07. The Morgan fingerprint density at radius 3 is 3.05 bits per heavy atom. The maximum atomic E-state index is 12.7. The van der Waals surface area contributed by atoms with Gasteiger partial charge in [-0.3, -0.25) is 4.79 Å². The predicted octanol–water partition coefficient (Wildman–Crippen LogP) is 2.75.